The minimum Gasteiger partial charge on any atom is -0.309 e. The third kappa shape index (κ3) is 2.80. The zero-order chi connectivity index (χ0) is 13.9. The third-order valence-corrected chi connectivity index (χ3v) is 6.38. The molecule has 1 aliphatic rings. The van der Waals surface area contributed by atoms with Crippen molar-refractivity contribution in [2.75, 3.05) is 6.54 Å². The van der Waals surface area contributed by atoms with E-state index in [1.54, 1.807) is 0 Å². The molecule has 1 aliphatic carbocycles. The van der Waals surface area contributed by atoms with Gasteiger partial charge in [-0.05, 0) is 41.5 Å². The Kier molecular flexibility index (Phi) is 4.49. The van der Waals surface area contributed by atoms with Crippen LogP contribution in [0.1, 0.15) is 43.4 Å². The average molecular weight is 303 g/mol. The molecule has 1 heterocycles. The van der Waals surface area contributed by atoms with E-state index in [9.17, 15) is 0 Å². The zero-order valence-electron chi connectivity index (χ0n) is 12.0. The molecule has 1 nitrogen and oxygen atoms in total. The average Bonchev–Trinajstić information content (AvgIpc) is 2.96. The zero-order valence-corrected chi connectivity index (χ0v) is 13.6. The van der Waals surface area contributed by atoms with Crippen LogP contribution in [-0.2, 0) is 0 Å². The first-order chi connectivity index (χ1) is 9.79. The predicted molar refractivity (Wildman–Crippen MR) is 89.9 cm³/mol. The summed E-state index contributed by atoms with van der Waals surface area (Å²) in [5.74, 6) is 0.651. The summed E-state index contributed by atoms with van der Waals surface area (Å²) in [7, 11) is 0. The van der Waals surface area contributed by atoms with Crippen molar-refractivity contribution in [2.24, 2.45) is 0 Å². The van der Waals surface area contributed by atoms with E-state index in [4.69, 9.17) is 0 Å². The van der Waals surface area contributed by atoms with Gasteiger partial charge in [-0.3, -0.25) is 0 Å². The van der Waals surface area contributed by atoms with Gasteiger partial charge in [0.05, 0.1) is 4.21 Å². The molecule has 1 aromatic heterocycles. The summed E-state index contributed by atoms with van der Waals surface area (Å²) >= 11 is 3.90. The normalized spacial score (nSPS) is 25.4. The molecule has 0 fully saturated rings. The van der Waals surface area contributed by atoms with E-state index in [0.717, 1.165) is 6.54 Å². The smallest absolute Gasteiger partial charge is 0.0601 e. The van der Waals surface area contributed by atoms with E-state index in [1.165, 1.54) is 21.8 Å². The van der Waals surface area contributed by atoms with Gasteiger partial charge in [-0.2, -0.15) is 0 Å². The standard InChI is InChI=1S/C17H21NS2/c1-3-18-17-14-8-5-4-7-13(14)12(2)11-15(17)20-16-9-6-10-19-16/h4-10,12,15,17-18H,3,11H2,1-2H3. The quantitative estimate of drug-likeness (QED) is 0.846. The molecule has 1 N–H and O–H groups in total. The summed E-state index contributed by atoms with van der Waals surface area (Å²) in [5, 5.41) is 6.50. The Morgan fingerprint density at radius 1 is 1.20 bits per heavy atom. The summed E-state index contributed by atoms with van der Waals surface area (Å²) in [6.45, 7) is 5.59. The van der Waals surface area contributed by atoms with E-state index >= 15 is 0 Å². The molecule has 3 atom stereocenters. The molecule has 0 bridgehead atoms. The minimum atomic E-state index is 0.472. The maximum Gasteiger partial charge on any atom is 0.0601 e. The number of thioether (sulfide) groups is 1. The van der Waals surface area contributed by atoms with Gasteiger partial charge in [0.25, 0.3) is 0 Å². The molecule has 0 aliphatic heterocycles. The Bertz CT molecular complexity index is 550. The molecule has 2 aromatic rings. The van der Waals surface area contributed by atoms with Gasteiger partial charge in [-0.1, -0.05) is 44.2 Å². The molecule has 3 heteroatoms. The molecule has 1 aromatic carbocycles. The Labute approximate surface area is 129 Å². The van der Waals surface area contributed by atoms with Crippen LogP contribution in [0.5, 0.6) is 0 Å². The van der Waals surface area contributed by atoms with Crippen molar-refractivity contribution in [2.45, 2.75) is 41.7 Å². The number of hydrogen-bond acceptors (Lipinski definition) is 3. The summed E-state index contributed by atoms with van der Waals surface area (Å²) < 4.78 is 1.43. The molecule has 0 radical (unpaired) electrons. The molecule has 0 saturated heterocycles. The number of rotatable bonds is 4. The van der Waals surface area contributed by atoms with Crippen molar-refractivity contribution in [1.82, 2.24) is 5.32 Å². The SMILES string of the molecule is CCNC1c2ccccc2C(C)CC1Sc1cccs1. The lowest BCUT2D eigenvalue weighted by atomic mass is 9.80. The van der Waals surface area contributed by atoms with Gasteiger partial charge < -0.3 is 5.32 Å². The first kappa shape index (κ1) is 14.2. The maximum atomic E-state index is 3.71. The Morgan fingerprint density at radius 3 is 2.70 bits per heavy atom. The molecule has 3 unspecified atom stereocenters. The highest BCUT2D eigenvalue weighted by molar-refractivity contribution is 8.01. The Balaban J connectivity index is 1.90. The molecule has 0 amide bonds. The largest absolute Gasteiger partial charge is 0.309 e. The van der Waals surface area contributed by atoms with Crippen LogP contribution in [-0.4, -0.2) is 11.8 Å². The van der Waals surface area contributed by atoms with Crippen molar-refractivity contribution in [3.8, 4) is 0 Å². The molecular weight excluding hydrogens is 282 g/mol. The highest BCUT2D eigenvalue weighted by atomic mass is 32.2. The van der Waals surface area contributed by atoms with Gasteiger partial charge in [-0.15, -0.1) is 23.1 Å². The monoisotopic (exact) mass is 303 g/mol. The van der Waals surface area contributed by atoms with Gasteiger partial charge >= 0.3 is 0 Å². The number of hydrogen-bond donors (Lipinski definition) is 1. The highest BCUT2D eigenvalue weighted by Crippen LogP contribution is 2.45. The lowest BCUT2D eigenvalue weighted by Crippen LogP contribution is -2.35. The van der Waals surface area contributed by atoms with Gasteiger partial charge in [0.2, 0.25) is 0 Å². The minimum absolute atomic E-state index is 0.472. The maximum absolute atomic E-state index is 3.71. The topological polar surface area (TPSA) is 12.0 Å². The van der Waals surface area contributed by atoms with Crippen molar-refractivity contribution < 1.29 is 0 Å². The van der Waals surface area contributed by atoms with Gasteiger partial charge in [-0.25, -0.2) is 0 Å². The molecular formula is C17H21NS2. The third-order valence-electron chi connectivity index (χ3n) is 4.01. The van der Waals surface area contributed by atoms with Gasteiger partial charge in [0, 0.05) is 11.3 Å². The first-order valence-corrected chi connectivity index (χ1v) is 9.08. The second-order valence-corrected chi connectivity index (χ2v) is 7.88. The number of fused-ring (bicyclic) bond motifs is 1. The lowest BCUT2D eigenvalue weighted by molar-refractivity contribution is 0.454. The van der Waals surface area contributed by atoms with Gasteiger partial charge in [0.15, 0.2) is 0 Å². The van der Waals surface area contributed by atoms with E-state index in [0.29, 0.717) is 17.2 Å². The number of nitrogens with one attached hydrogen (secondary N) is 1. The van der Waals surface area contributed by atoms with Crippen LogP contribution in [0.25, 0.3) is 0 Å². The van der Waals surface area contributed by atoms with Crippen LogP contribution in [0.2, 0.25) is 0 Å². The van der Waals surface area contributed by atoms with E-state index < -0.39 is 0 Å². The lowest BCUT2D eigenvalue weighted by Gasteiger charge is -2.37. The van der Waals surface area contributed by atoms with E-state index in [-0.39, 0.29) is 0 Å². The number of benzene rings is 1. The Morgan fingerprint density at radius 2 is 2.00 bits per heavy atom. The van der Waals surface area contributed by atoms with Crippen LogP contribution < -0.4 is 5.32 Å². The molecule has 0 saturated carbocycles. The highest BCUT2D eigenvalue weighted by Gasteiger charge is 2.33. The van der Waals surface area contributed by atoms with Crippen LogP contribution in [0.15, 0.2) is 46.0 Å². The van der Waals surface area contributed by atoms with Gasteiger partial charge in [0.1, 0.15) is 0 Å². The van der Waals surface area contributed by atoms with Crippen molar-refractivity contribution >= 4 is 23.1 Å². The fourth-order valence-electron chi connectivity index (χ4n) is 3.11. The molecule has 106 valence electrons. The number of thiophene rings is 1. The fourth-order valence-corrected chi connectivity index (χ4v) is 5.54. The van der Waals surface area contributed by atoms with Crippen LogP contribution in [0.4, 0.5) is 0 Å². The Hall–Kier alpha value is -0.770. The van der Waals surface area contributed by atoms with E-state index in [2.05, 4.69) is 60.9 Å². The molecule has 0 spiro atoms. The second kappa shape index (κ2) is 6.33. The van der Waals surface area contributed by atoms with Crippen molar-refractivity contribution in [1.29, 1.82) is 0 Å². The summed E-state index contributed by atoms with van der Waals surface area (Å²) in [5.41, 5.74) is 3.03. The first-order valence-electron chi connectivity index (χ1n) is 7.32. The van der Waals surface area contributed by atoms with Crippen molar-refractivity contribution in [3.63, 3.8) is 0 Å². The summed E-state index contributed by atoms with van der Waals surface area (Å²) in [6, 6.07) is 13.8. The van der Waals surface area contributed by atoms with Crippen molar-refractivity contribution in [3.05, 3.63) is 52.9 Å². The fraction of sp³-hybridized carbons (Fsp3) is 0.412. The molecule has 20 heavy (non-hydrogen) atoms. The predicted octanol–water partition coefficient (Wildman–Crippen LogP) is 5.07. The van der Waals surface area contributed by atoms with Crippen LogP contribution >= 0.6 is 23.1 Å². The van der Waals surface area contributed by atoms with E-state index in [1.807, 2.05) is 23.1 Å². The molecule has 3 rings (SSSR count). The summed E-state index contributed by atoms with van der Waals surface area (Å²) in [6.07, 6.45) is 1.25. The van der Waals surface area contributed by atoms with Crippen LogP contribution in [0, 0.1) is 0 Å². The van der Waals surface area contributed by atoms with Crippen LogP contribution in [0.3, 0.4) is 0 Å². The second-order valence-electron chi connectivity index (χ2n) is 5.39. The summed E-state index contributed by atoms with van der Waals surface area (Å²) in [4.78, 5) is 0.